The molecule has 6 unspecified atom stereocenters. The zero-order chi connectivity index (χ0) is 21.6. The average Bonchev–Trinajstić information content (AvgIpc) is 3.06. The van der Waals surface area contributed by atoms with Gasteiger partial charge in [0, 0.05) is 12.0 Å². The van der Waals surface area contributed by atoms with Crippen LogP contribution in [0.3, 0.4) is 0 Å². The molecule has 30 heavy (non-hydrogen) atoms. The van der Waals surface area contributed by atoms with E-state index >= 15 is 0 Å². The fourth-order valence-electron chi connectivity index (χ4n) is 7.56. The molecule has 3 aliphatic rings. The van der Waals surface area contributed by atoms with E-state index < -0.39 is 0 Å². The number of hydrogen-bond donors (Lipinski definition) is 1. The summed E-state index contributed by atoms with van der Waals surface area (Å²) in [5.74, 6) is 3.52. The maximum absolute atomic E-state index is 4.00. The average molecular weight is 408 g/mol. The molecule has 0 amide bonds. The van der Waals surface area contributed by atoms with Crippen molar-refractivity contribution in [2.45, 2.75) is 79.1 Å². The third-order valence-electron chi connectivity index (χ3n) is 9.07. The summed E-state index contributed by atoms with van der Waals surface area (Å²) in [7, 11) is 0. The van der Waals surface area contributed by atoms with Crippen molar-refractivity contribution in [2.24, 2.45) is 34.5 Å². The van der Waals surface area contributed by atoms with Crippen LogP contribution in [0.15, 0.2) is 54.3 Å². The third-order valence-corrected chi connectivity index (χ3v) is 9.07. The highest BCUT2D eigenvalue weighted by molar-refractivity contribution is 5.30. The summed E-state index contributed by atoms with van der Waals surface area (Å²) in [4.78, 5) is 0. The Kier molecular flexibility index (Phi) is 8.05. The number of likely N-dealkylation sites (N-methyl/N-ethyl adjacent to an activating group) is 1. The lowest BCUT2D eigenvalue weighted by Crippen LogP contribution is -2.49. The molecular formula is C29H45N. The summed E-state index contributed by atoms with van der Waals surface area (Å²) in [6.07, 6.45) is 24.4. The maximum atomic E-state index is 4.00. The first-order valence-electron chi connectivity index (χ1n) is 12.6. The van der Waals surface area contributed by atoms with E-state index in [0.717, 1.165) is 36.8 Å². The molecule has 1 heteroatoms. The lowest BCUT2D eigenvalue weighted by molar-refractivity contribution is -0.0343. The van der Waals surface area contributed by atoms with Crippen molar-refractivity contribution in [3.8, 4) is 0 Å². The highest BCUT2D eigenvalue weighted by Crippen LogP contribution is 2.66. The van der Waals surface area contributed by atoms with Crippen LogP contribution in [-0.4, -0.2) is 13.1 Å². The zero-order valence-electron chi connectivity index (χ0n) is 20.1. The van der Waals surface area contributed by atoms with Gasteiger partial charge in [-0.1, -0.05) is 57.2 Å². The summed E-state index contributed by atoms with van der Waals surface area (Å²) in [5.41, 5.74) is 5.78. The molecule has 0 aromatic carbocycles. The van der Waals surface area contributed by atoms with E-state index in [2.05, 4.69) is 75.7 Å². The van der Waals surface area contributed by atoms with Crippen molar-refractivity contribution >= 4 is 0 Å². The summed E-state index contributed by atoms with van der Waals surface area (Å²) in [6.45, 7) is 15.5. The van der Waals surface area contributed by atoms with Gasteiger partial charge in [-0.2, -0.15) is 0 Å². The fourth-order valence-corrected chi connectivity index (χ4v) is 7.56. The van der Waals surface area contributed by atoms with Gasteiger partial charge in [-0.25, -0.2) is 0 Å². The van der Waals surface area contributed by atoms with Crippen molar-refractivity contribution in [1.82, 2.24) is 5.32 Å². The maximum Gasteiger partial charge on any atom is 0.0209 e. The molecule has 1 nitrogen and oxygen atoms in total. The molecule has 0 heterocycles. The van der Waals surface area contributed by atoms with Gasteiger partial charge in [0.15, 0.2) is 0 Å². The monoisotopic (exact) mass is 407 g/mol. The molecule has 0 bridgehead atoms. The number of fused-ring (bicyclic) bond motifs is 3. The van der Waals surface area contributed by atoms with Crippen LogP contribution in [0.4, 0.5) is 0 Å². The van der Waals surface area contributed by atoms with Crippen LogP contribution >= 0.6 is 0 Å². The van der Waals surface area contributed by atoms with Gasteiger partial charge >= 0.3 is 0 Å². The Morgan fingerprint density at radius 3 is 2.70 bits per heavy atom. The predicted octanol–water partition coefficient (Wildman–Crippen LogP) is 7.63. The number of hydrogen-bond acceptors (Lipinski definition) is 1. The molecule has 3 saturated carbocycles. The first-order chi connectivity index (χ1) is 14.5. The highest BCUT2D eigenvalue weighted by Gasteiger charge is 2.57. The number of rotatable bonds is 8. The molecule has 0 aromatic heterocycles. The minimum atomic E-state index is 0.228. The Balaban J connectivity index is 1.70. The molecular weight excluding hydrogens is 362 g/mol. The van der Waals surface area contributed by atoms with E-state index in [0.29, 0.717) is 5.41 Å². The second-order valence-corrected chi connectivity index (χ2v) is 10.4. The number of allylic oxidation sites excluding steroid dienone is 5. The van der Waals surface area contributed by atoms with Crippen molar-refractivity contribution in [3.63, 3.8) is 0 Å². The van der Waals surface area contributed by atoms with Crippen LogP contribution in [-0.2, 0) is 0 Å². The molecule has 0 spiro atoms. The van der Waals surface area contributed by atoms with E-state index in [1.54, 1.807) is 5.57 Å². The largest absolute Gasteiger partial charge is 0.313 e. The molecule has 0 aliphatic heterocycles. The molecule has 0 saturated heterocycles. The smallest absolute Gasteiger partial charge is 0.0209 e. The normalized spacial score (nSPS) is 39.4. The van der Waals surface area contributed by atoms with Gasteiger partial charge in [-0.15, -0.1) is 5.73 Å². The van der Waals surface area contributed by atoms with Gasteiger partial charge in [0.25, 0.3) is 0 Å². The van der Waals surface area contributed by atoms with Crippen LogP contribution in [0, 0.1) is 34.5 Å². The lowest BCUT2D eigenvalue weighted by atomic mass is 9.48. The Morgan fingerprint density at radius 1 is 1.13 bits per heavy atom. The van der Waals surface area contributed by atoms with Gasteiger partial charge in [0.2, 0.25) is 0 Å². The topological polar surface area (TPSA) is 12.0 Å². The van der Waals surface area contributed by atoms with Crippen LogP contribution in [0.5, 0.6) is 0 Å². The van der Waals surface area contributed by atoms with Crippen molar-refractivity contribution < 1.29 is 0 Å². The highest BCUT2D eigenvalue weighted by atomic mass is 14.8. The first-order valence-corrected chi connectivity index (χ1v) is 12.6. The zero-order valence-corrected chi connectivity index (χ0v) is 20.1. The molecule has 0 aromatic rings. The number of nitrogens with one attached hydrogen (secondary N) is 1. The van der Waals surface area contributed by atoms with Crippen LogP contribution in [0.1, 0.15) is 79.1 Å². The molecule has 3 rings (SSSR count). The predicted molar refractivity (Wildman–Crippen MR) is 131 cm³/mol. The van der Waals surface area contributed by atoms with E-state index in [1.165, 1.54) is 51.4 Å². The molecule has 3 aliphatic carbocycles. The molecule has 0 radical (unpaired) electrons. The van der Waals surface area contributed by atoms with E-state index in [-0.39, 0.29) is 5.41 Å². The second kappa shape index (κ2) is 10.3. The summed E-state index contributed by atoms with van der Waals surface area (Å²) >= 11 is 0. The van der Waals surface area contributed by atoms with Gasteiger partial charge in [0.1, 0.15) is 0 Å². The van der Waals surface area contributed by atoms with Crippen LogP contribution < -0.4 is 5.32 Å². The van der Waals surface area contributed by atoms with Crippen LogP contribution in [0.25, 0.3) is 0 Å². The molecule has 6 atom stereocenters. The van der Waals surface area contributed by atoms with E-state index in [1.807, 2.05) is 6.08 Å². The first kappa shape index (κ1) is 23.4. The SMILES string of the molecule is C=C/C=C1/CCC2C(CCC3(C)C(CCC=C=CCNCC)CCC23)C1(C)/C=C\C. The summed E-state index contributed by atoms with van der Waals surface area (Å²) < 4.78 is 0. The minimum Gasteiger partial charge on any atom is -0.313 e. The summed E-state index contributed by atoms with van der Waals surface area (Å²) in [5, 5.41) is 3.32. The van der Waals surface area contributed by atoms with Crippen molar-refractivity contribution in [2.75, 3.05) is 13.1 Å². The van der Waals surface area contributed by atoms with Gasteiger partial charge in [0.05, 0.1) is 0 Å². The fraction of sp³-hybridized carbons (Fsp3) is 0.690. The van der Waals surface area contributed by atoms with E-state index in [4.69, 9.17) is 0 Å². The quantitative estimate of drug-likeness (QED) is 0.248. The minimum absolute atomic E-state index is 0.228. The second-order valence-electron chi connectivity index (χ2n) is 10.4. The summed E-state index contributed by atoms with van der Waals surface area (Å²) in [6, 6.07) is 0. The third kappa shape index (κ3) is 4.49. The standard InChI is InChI=1S/C29H45N/c1-6-13-23-15-17-25-26-18-16-24(14-11-9-10-12-22-30-8-3)29(26,5)21-19-27(25)28(23,4)20-7-2/h6-7,9,12-13,20,24-27,30H,1,8,11,14-19,21-22H2,2-5H3/b20-7-,23-13-. The van der Waals surface area contributed by atoms with Gasteiger partial charge in [-0.3, -0.25) is 0 Å². The van der Waals surface area contributed by atoms with Gasteiger partial charge < -0.3 is 5.32 Å². The van der Waals surface area contributed by atoms with Crippen LogP contribution in [0.2, 0.25) is 0 Å². The Bertz CT molecular complexity index is 706. The van der Waals surface area contributed by atoms with Gasteiger partial charge in [-0.05, 0) is 106 Å². The van der Waals surface area contributed by atoms with E-state index in [9.17, 15) is 0 Å². The molecule has 1 N–H and O–H groups in total. The molecule has 166 valence electrons. The molecule has 3 fully saturated rings. The Labute approximate surface area is 186 Å². The lowest BCUT2D eigenvalue weighted by Gasteiger charge is -2.56. The Morgan fingerprint density at radius 2 is 1.97 bits per heavy atom. The van der Waals surface area contributed by atoms with Crippen molar-refractivity contribution in [3.05, 3.63) is 54.3 Å². The van der Waals surface area contributed by atoms with Crippen molar-refractivity contribution in [1.29, 1.82) is 0 Å². The Hall–Kier alpha value is -1.30.